The highest BCUT2D eigenvalue weighted by Crippen LogP contribution is 2.26. The number of nitrogens with one attached hydrogen (secondary N) is 1. The minimum Gasteiger partial charge on any atom is -0.388 e. The summed E-state index contributed by atoms with van der Waals surface area (Å²) in [6.07, 6.45) is 1.76. The van der Waals surface area contributed by atoms with Gasteiger partial charge >= 0.3 is 0 Å². The molecule has 1 aromatic carbocycles. The Morgan fingerprint density at radius 1 is 1.39 bits per heavy atom. The molecule has 6 heteroatoms. The van der Waals surface area contributed by atoms with Gasteiger partial charge in [0.15, 0.2) is 0 Å². The Hall–Kier alpha value is -1.95. The Balaban J connectivity index is 1.96. The molecule has 0 radical (unpaired) electrons. The summed E-state index contributed by atoms with van der Waals surface area (Å²) in [7, 11) is 1.55. The highest BCUT2D eigenvalue weighted by Gasteiger charge is 2.35. The van der Waals surface area contributed by atoms with Crippen LogP contribution in [0.25, 0.3) is 0 Å². The van der Waals surface area contributed by atoms with Crippen LogP contribution in [0.2, 0.25) is 0 Å². The topological polar surface area (TPSA) is 69.6 Å². The number of rotatable bonds is 5. The zero-order chi connectivity index (χ0) is 16.9. The number of piperidine rings is 1. The predicted octanol–water partition coefficient (Wildman–Crippen LogP) is 1.25. The Morgan fingerprint density at radius 3 is 2.83 bits per heavy atom. The summed E-state index contributed by atoms with van der Waals surface area (Å²) >= 11 is 0. The van der Waals surface area contributed by atoms with Crippen LogP contribution in [0.5, 0.6) is 0 Å². The van der Waals surface area contributed by atoms with Gasteiger partial charge in [-0.1, -0.05) is 18.2 Å². The highest BCUT2D eigenvalue weighted by molar-refractivity contribution is 5.79. The lowest BCUT2D eigenvalue weighted by Crippen LogP contribution is -2.51. The second-order valence-electron chi connectivity index (χ2n) is 6.08. The van der Waals surface area contributed by atoms with Crippen molar-refractivity contribution in [3.63, 3.8) is 0 Å². The average Bonchev–Trinajstić information content (AvgIpc) is 2.55. The number of nitrogens with zero attached hydrogens (tertiary/aromatic N) is 1. The molecule has 1 aliphatic rings. The fourth-order valence-electron chi connectivity index (χ4n) is 2.92. The van der Waals surface area contributed by atoms with Crippen molar-refractivity contribution in [2.24, 2.45) is 0 Å². The number of carbonyl (C=O) groups excluding carboxylic acids is 2. The molecule has 0 saturated carbocycles. The molecule has 0 unspecified atom stereocenters. The van der Waals surface area contributed by atoms with Crippen LogP contribution in [0.15, 0.2) is 24.3 Å². The molecule has 1 fully saturated rings. The molecule has 5 nitrogen and oxygen atoms in total. The number of β-amino-alcohol motifs (C(OH)–C–C–N with tert-alkyl or cyclic N) is 1. The summed E-state index contributed by atoms with van der Waals surface area (Å²) in [4.78, 5) is 25.3. The van der Waals surface area contributed by atoms with Gasteiger partial charge < -0.3 is 15.3 Å². The Kier molecular flexibility index (Phi) is 5.71. The van der Waals surface area contributed by atoms with E-state index >= 15 is 0 Å². The zero-order valence-electron chi connectivity index (χ0n) is 13.3. The lowest BCUT2D eigenvalue weighted by atomic mass is 9.88. The van der Waals surface area contributed by atoms with Gasteiger partial charge in [-0.25, -0.2) is 4.39 Å². The Morgan fingerprint density at radius 2 is 2.13 bits per heavy atom. The number of likely N-dealkylation sites (tertiary alicyclic amines) is 1. The van der Waals surface area contributed by atoms with Crippen LogP contribution < -0.4 is 5.32 Å². The minimum absolute atomic E-state index is 0.0157. The second-order valence-corrected chi connectivity index (χ2v) is 6.08. The maximum Gasteiger partial charge on any atom is 0.227 e. The van der Waals surface area contributed by atoms with E-state index < -0.39 is 11.4 Å². The Labute approximate surface area is 135 Å². The SMILES string of the molecule is CNC(=O)CC[C@@]1(O)CCCN(C(=O)Cc2ccccc2F)C1. The van der Waals surface area contributed by atoms with Crippen LogP contribution >= 0.6 is 0 Å². The maximum atomic E-state index is 13.7. The molecular formula is C17H23FN2O3. The number of aliphatic hydroxyl groups is 1. The van der Waals surface area contributed by atoms with Gasteiger partial charge in [0.25, 0.3) is 0 Å². The summed E-state index contributed by atoms with van der Waals surface area (Å²) in [5.74, 6) is -0.728. The number of carbonyl (C=O) groups is 2. The van der Waals surface area contributed by atoms with E-state index in [0.717, 1.165) is 0 Å². The van der Waals surface area contributed by atoms with Crippen molar-refractivity contribution in [3.05, 3.63) is 35.6 Å². The van der Waals surface area contributed by atoms with E-state index in [0.29, 0.717) is 31.4 Å². The number of amides is 2. The standard InChI is InChI=1S/C17H23FN2O3/c1-19-15(21)7-9-17(23)8-4-10-20(12-17)16(22)11-13-5-2-3-6-14(13)18/h2-3,5-6,23H,4,7-12H2,1H3,(H,19,21)/t17-/m0/s1. The van der Waals surface area contributed by atoms with E-state index in [9.17, 15) is 19.1 Å². The fraction of sp³-hybridized carbons (Fsp3) is 0.529. The first-order valence-electron chi connectivity index (χ1n) is 7.88. The fourth-order valence-corrected chi connectivity index (χ4v) is 2.92. The van der Waals surface area contributed by atoms with Crippen LogP contribution in [-0.2, 0) is 16.0 Å². The van der Waals surface area contributed by atoms with Gasteiger partial charge in [0, 0.05) is 26.6 Å². The van der Waals surface area contributed by atoms with Crippen LogP contribution in [0.1, 0.15) is 31.2 Å². The maximum absolute atomic E-state index is 13.7. The minimum atomic E-state index is -1.05. The van der Waals surface area contributed by atoms with Crippen molar-refractivity contribution in [2.45, 2.75) is 37.7 Å². The van der Waals surface area contributed by atoms with Gasteiger partial charge in [-0.2, -0.15) is 0 Å². The van der Waals surface area contributed by atoms with Crippen molar-refractivity contribution in [2.75, 3.05) is 20.1 Å². The van der Waals surface area contributed by atoms with E-state index in [1.54, 1.807) is 30.1 Å². The monoisotopic (exact) mass is 322 g/mol. The van der Waals surface area contributed by atoms with Crippen LogP contribution in [-0.4, -0.2) is 47.6 Å². The molecule has 1 heterocycles. The van der Waals surface area contributed by atoms with Gasteiger partial charge in [-0.05, 0) is 30.9 Å². The highest BCUT2D eigenvalue weighted by atomic mass is 19.1. The molecule has 126 valence electrons. The van der Waals surface area contributed by atoms with E-state index in [1.807, 2.05) is 0 Å². The van der Waals surface area contributed by atoms with E-state index in [1.165, 1.54) is 6.07 Å². The molecule has 1 aromatic rings. The van der Waals surface area contributed by atoms with E-state index in [4.69, 9.17) is 0 Å². The second kappa shape index (κ2) is 7.55. The van der Waals surface area contributed by atoms with Crippen LogP contribution in [0.4, 0.5) is 4.39 Å². The molecule has 1 atom stereocenters. The third-order valence-electron chi connectivity index (χ3n) is 4.30. The summed E-state index contributed by atoms with van der Waals surface area (Å²) < 4.78 is 13.7. The molecule has 1 aliphatic heterocycles. The quantitative estimate of drug-likeness (QED) is 0.857. The van der Waals surface area contributed by atoms with Crippen molar-refractivity contribution in [1.29, 1.82) is 0 Å². The molecular weight excluding hydrogens is 299 g/mol. The number of hydrogen-bond acceptors (Lipinski definition) is 3. The third-order valence-corrected chi connectivity index (χ3v) is 4.30. The molecule has 23 heavy (non-hydrogen) atoms. The summed E-state index contributed by atoms with van der Waals surface area (Å²) in [5.41, 5.74) is -0.688. The molecule has 2 rings (SSSR count). The zero-order valence-corrected chi connectivity index (χ0v) is 13.3. The first-order valence-corrected chi connectivity index (χ1v) is 7.88. The van der Waals surface area contributed by atoms with Crippen LogP contribution in [0, 0.1) is 5.82 Å². The number of benzene rings is 1. The average molecular weight is 322 g/mol. The third kappa shape index (κ3) is 4.76. The largest absolute Gasteiger partial charge is 0.388 e. The smallest absolute Gasteiger partial charge is 0.227 e. The van der Waals surface area contributed by atoms with Gasteiger partial charge in [-0.3, -0.25) is 9.59 Å². The number of halogens is 1. The molecule has 0 spiro atoms. The lowest BCUT2D eigenvalue weighted by molar-refractivity contribution is -0.138. The van der Waals surface area contributed by atoms with Crippen molar-refractivity contribution < 1.29 is 19.1 Å². The van der Waals surface area contributed by atoms with Crippen molar-refractivity contribution in [3.8, 4) is 0 Å². The lowest BCUT2D eigenvalue weighted by Gasteiger charge is -2.39. The first-order chi connectivity index (χ1) is 10.9. The normalized spacial score (nSPS) is 21.1. The van der Waals surface area contributed by atoms with E-state index in [2.05, 4.69) is 5.32 Å². The van der Waals surface area contributed by atoms with Gasteiger partial charge in [0.2, 0.25) is 11.8 Å². The van der Waals surface area contributed by atoms with Gasteiger partial charge in [0.05, 0.1) is 12.0 Å². The first kappa shape index (κ1) is 17.4. The van der Waals surface area contributed by atoms with E-state index in [-0.39, 0.29) is 31.2 Å². The van der Waals surface area contributed by atoms with Gasteiger partial charge in [0.1, 0.15) is 5.82 Å². The molecule has 0 aliphatic carbocycles. The summed E-state index contributed by atoms with van der Waals surface area (Å²) in [6, 6.07) is 6.21. The molecule has 1 saturated heterocycles. The Bertz CT molecular complexity index is 579. The van der Waals surface area contributed by atoms with Crippen LogP contribution in [0.3, 0.4) is 0 Å². The van der Waals surface area contributed by atoms with Gasteiger partial charge in [-0.15, -0.1) is 0 Å². The predicted molar refractivity (Wildman–Crippen MR) is 84.2 cm³/mol. The summed E-state index contributed by atoms with van der Waals surface area (Å²) in [5, 5.41) is 13.1. The summed E-state index contributed by atoms with van der Waals surface area (Å²) in [6.45, 7) is 0.743. The molecule has 2 amide bonds. The van der Waals surface area contributed by atoms with Crippen molar-refractivity contribution >= 4 is 11.8 Å². The van der Waals surface area contributed by atoms with Crippen molar-refractivity contribution in [1.82, 2.24) is 10.2 Å². The molecule has 0 bridgehead atoms. The number of hydrogen-bond donors (Lipinski definition) is 2. The molecule has 0 aromatic heterocycles. The molecule has 2 N–H and O–H groups in total.